The number of carbonyl (C=O) groups excluding carboxylic acids is 1. The molecule has 0 spiro atoms. The van der Waals surface area contributed by atoms with Crippen LogP contribution in [-0.4, -0.2) is 74.2 Å². The third-order valence-corrected chi connectivity index (χ3v) is 8.72. The van der Waals surface area contributed by atoms with E-state index in [-0.39, 0.29) is 18.4 Å². The lowest BCUT2D eigenvalue weighted by molar-refractivity contribution is -0.148. The monoisotopic (exact) mass is 438 g/mol. The highest BCUT2D eigenvalue weighted by atomic mass is 32.2. The number of thioether (sulfide) groups is 2. The summed E-state index contributed by atoms with van der Waals surface area (Å²) in [7, 11) is 0. The molecule has 2 unspecified atom stereocenters. The molecular weight excluding hydrogens is 412 g/mol. The van der Waals surface area contributed by atoms with E-state index in [4.69, 9.17) is 0 Å². The largest absolute Gasteiger partial charge is 0.480 e. The van der Waals surface area contributed by atoms with Crippen molar-refractivity contribution < 1.29 is 24.6 Å². The summed E-state index contributed by atoms with van der Waals surface area (Å²) in [6.45, 7) is 0.247. The van der Waals surface area contributed by atoms with Gasteiger partial charge in [0.25, 0.3) is 0 Å². The highest BCUT2D eigenvalue weighted by Gasteiger charge is 2.43. The summed E-state index contributed by atoms with van der Waals surface area (Å²) in [5.41, 5.74) is 1.03. The Bertz CT molecular complexity index is 727. The number of aliphatic carboxylic acids is 2. The lowest BCUT2D eigenvalue weighted by Crippen LogP contribution is -2.48. The summed E-state index contributed by atoms with van der Waals surface area (Å²) < 4.78 is 0.334. The molecule has 0 bridgehead atoms. The van der Waals surface area contributed by atoms with E-state index in [1.165, 1.54) is 4.90 Å². The number of aryl methyl sites for hydroxylation is 1. The molecule has 9 heteroatoms. The topological polar surface area (TPSA) is 107 Å². The van der Waals surface area contributed by atoms with E-state index >= 15 is 0 Å². The predicted octanol–water partition coefficient (Wildman–Crippen LogP) is 1.77. The molecule has 1 aromatic carbocycles. The third-order valence-electron chi connectivity index (χ3n) is 5.33. The van der Waals surface area contributed by atoms with Crippen LogP contribution in [0.2, 0.25) is 0 Å². The minimum Gasteiger partial charge on any atom is -0.480 e. The molecule has 1 aromatic rings. The molecule has 0 saturated carbocycles. The van der Waals surface area contributed by atoms with Crippen molar-refractivity contribution in [2.45, 2.75) is 35.9 Å². The van der Waals surface area contributed by atoms with Gasteiger partial charge < -0.3 is 15.1 Å². The van der Waals surface area contributed by atoms with Crippen molar-refractivity contribution >= 4 is 41.4 Å². The average Bonchev–Trinajstić information content (AvgIpc) is 3.38. The molecule has 0 aliphatic carbocycles. The van der Waals surface area contributed by atoms with E-state index in [9.17, 15) is 24.6 Å². The lowest BCUT2D eigenvalue weighted by atomic mass is 10.1. The van der Waals surface area contributed by atoms with Crippen LogP contribution in [0.25, 0.3) is 0 Å². The van der Waals surface area contributed by atoms with Gasteiger partial charge >= 0.3 is 11.9 Å². The Morgan fingerprint density at radius 1 is 1.14 bits per heavy atom. The Balaban J connectivity index is 1.55. The maximum atomic E-state index is 12.7. The van der Waals surface area contributed by atoms with Gasteiger partial charge in [-0.3, -0.25) is 14.9 Å². The standard InChI is InChI=1S/C20H26N2O5S2/c23-17(11-21-15(18(24)25)7-6-13-4-2-1-3-5-13)22-12-14(10-16(22)19(26)27)20-28-8-9-29-20/h1-5,14-16,20-21H,6-12H2,(H,24,25)(H,26,27)/t14?,15?,16-/m0/s1. The molecule has 3 atom stereocenters. The zero-order valence-electron chi connectivity index (χ0n) is 16.0. The van der Waals surface area contributed by atoms with Crippen molar-refractivity contribution in [2.75, 3.05) is 24.6 Å². The van der Waals surface area contributed by atoms with Gasteiger partial charge in [-0.25, -0.2) is 4.79 Å². The van der Waals surface area contributed by atoms with Crippen LogP contribution in [-0.2, 0) is 20.8 Å². The maximum Gasteiger partial charge on any atom is 0.326 e. The van der Waals surface area contributed by atoms with Gasteiger partial charge in [-0.15, -0.1) is 23.5 Å². The first kappa shape index (κ1) is 22.0. The number of nitrogens with one attached hydrogen (secondary N) is 1. The molecule has 1 amide bonds. The second-order valence-electron chi connectivity index (χ2n) is 7.30. The summed E-state index contributed by atoms with van der Waals surface area (Å²) in [6, 6.07) is 7.89. The second-order valence-corrected chi connectivity index (χ2v) is 10.1. The van der Waals surface area contributed by atoms with Crippen molar-refractivity contribution in [1.29, 1.82) is 0 Å². The molecule has 2 saturated heterocycles. The summed E-state index contributed by atoms with van der Waals surface area (Å²) in [5.74, 6) is -0.0827. The quantitative estimate of drug-likeness (QED) is 0.536. The molecular formula is C20H26N2O5S2. The van der Waals surface area contributed by atoms with E-state index in [1.807, 2.05) is 53.9 Å². The maximum absolute atomic E-state index is 12.7. The minimum atomic E-state index is -1.01. The van der Waals surface area contributed by atoms with E-state index in [0.717, 1.165) is 17.1 Å². The first-order chi connectivity index (χ1) is 14.0. The number of carbonyl (C=O) groups is 3. The Kier molecular flexibility index (Phi) is 7.85. The number of hydrogen-bond donors (Lipinski definition) is 3. The summed E-state index contributed by atoms with van der Waals surface area (Å²) in [6.07, 6.45) is 1.40. The fraction of sp³-hybridized carbons (Fsp3) is 0.550. The van der Waals surface area contributed by atoms with Gasteiger partial charge in [0.2, 0.25) is 5.91 Å². The van der Waals surface area contributed by atoms with Crippen molar-refractivity contribution in [3.8, 4) is 0 Å². The summed E-state index contributed by atoms with van der Waals surface area (Å²) in [5, 5.41) is 21.8. The minimum absolute atomic E-state index is 0.158. The molecule has 2 aliphatic heterocycles. The second kappa shape index (κ2) is 10.4. The van der Waals surface area contributed by atoms with Crippen molar-refractivity contribution in [3.63, 3.8) is 0 Å². The number of amides is 1. The predicted molar refractivity (Wildman–Crippen MR) is 114 cm³/mol. The Hall–Kier alpha value is -1.71. The SMILES string of the molecule is O=C(O)C(CCc1ccccc1)NCC(=O)N1CC(C2SCCS2)C[C@H]1C(=O)O. The Morgan fingerprint density at radius 3 is 2.45 bits per heavy atom. The van der Waals surface area contributed by atoms with Crippen LogP contribution in [0.3, 0.4) is 0 Å². The van der Waals surface area contributed by atoms with Crippen LogP contribution in [0.15, 0.2) is 30.3 Å². The molecule has 7 nitrogen and oxygen atoms in total. The molecule has 0 radical (unpaired) electrons. The molecule has 3 N–H and O–H groups in total. The number of likely N-dealkylation sites (tertiary alicyclic amines) is 1. The fourth-order valence-electron chi connectivity index (χ4n) is 3.80. The zero-order valence-corrected chi connectivity index (χ0v) is 17.7. The molecule has 158 valence electrons. The van der Waals surface area contributed by atoms with Gasteiger partial charge in [-0.2, -0.15) is 0 Å². The molecule has 2 aliphatic rings. The Morgan fingerprint density at radius 2 is 1.83 bits per heavy atom. The third kappa shape index (κ3) is 5.90. The van der Waals surface area contributed by atoms with Crippen LogP contribution < -0.4 is 5.32 Å². The number of rotatable bonds is 9. The fourth-order valence-corrected chi connectivity index (χ4v) is 6.94. The van der Waals surface area contributed by atoms with Gasteiger partial charge in [0.1, 0.15) is 12.1 Å². The van der Waals surface area contributed by atoms with Gasteiger partial charge in [0, 0.05) is 24.0 Å². The number of nitrogens with zero attached hydrogens (tertiary/aromatic N) is 1. The van der Waals surface area contributed by atoms with E-state index < -0.39 is 24.0 Å². The van der Waals surface area contributed by atoms with Crippen LogP contribution >= 0.6 is 23.5 Å². The Labute approximate surface area is 178 Å². The molecule has 2 heterocycles. The van der Waals surface area contributed by atoms with Crippen molar-refractivity contribution in [1.82, 2.24) is 10.2 Å². The van der Waals surface area contributed by atoms with Crippen molar-refractivity contribution in [3.05, 3.63) is 35.9 Å². The number of carboxylic acids is 2. The smallest absolute Gasteiger partial charge is 0.326 e. The molecule has 2 fully saturated rings. The summed E-state index contributed by atoms with van der Waals surface area (Å²) >= 11 is 3.67. The van der Waals surface area contributed by atoms with E-state index in [1.54, 1.807) is 0 Å². The number of hydrogen-bond acceptors (Lipinski definition) is 6. The molecule has 3 rings (SSSR count). The first-order valence-corrected chi connectivity index (χ1v) is 11.8. The van der Waals surface area contributed by atoms with Gasteiger partial charge in [-0.05, 0) is 24.8 Å². The summed E-state index contributed by atoms with van der Waals surface area (Å²) in [4.78, 5) is 37.4. The van der Waals surface area contributed by atoms with E-state index in [0.29, 0.717) is 30.4 Å². The average molecular weight is 439 g/mol. The zero-order chi connectivity index (χ0) is 20.8. The number of carboxylic acid groups (broad SMARTS) is 2. The van der Waals surface area contributed by atoms with Crippen LogP contribution in [0.4, 0.5) is 0 Å². The van der Waals surface area contributed by atoms with Crippen LogP contribution in [0.1, 0.15) is 18.4 Å². The lowest BCUT2D eigenvalue weighted by Gasteiger charge is -2.23. The van der Waals surface area contributed by atoms with Crippen LogP contribution in [0, 0.1) is 5.92 Å². The van der Waals surface area contributed by atoms with Gasteiger partial charge in [0.05, 0.1) is 11.1 Å². The molecule has 29 heavy (non-hydrogen) atoms. The van der Waals surface area contributed by atoms with Crippen LogP contribution in [0.5, 0.6) is 0 Å². The normalized spacial score (nSPS) is 23.2. The van der Waals surface area contributed by atoms with Crippen molar-refractivity contribution in [2.24, 2.45) is 5.92 Å². The number of benzene rings is 1. The van der Waals surface area contributed by atoms with Gasteiger partial charge in [-0.1, -0.05) is 30.3 Å². The van der Waals surface area contributed by atoms with E-state index in [2.05, 4.69) is 5.32 Å². The molecule has 0 aromatic heterocycles. The highest BCUT2D eigenvalue weighted by molar-refractivity contribution is 8.20. The van der Waals surface area contributed by atoms with Gasteiger partial charge in [0.15, 0.2) is 0 Å². The first-order valence-electron chi connectivity index (χ1n) is 9.71. The highest BCUT2D eigenvalue weighted by Crippen LogP contribution is 2.42.